The smallest absolute Gasteiger partial charge is 0.404 e. The molecule has 1 atom stereocenters. The molecule has 0 radical (unpaired) electrons. The van der Waals surface area contributed by atoms with Crippen LogP contribution in [0.2, 0.25) is 25.7 Å². The van der Waals surface area contributed by atoms with Gasteiger partial charge in [-0.25, -0.2) is 9.78 Å². The monoisotopic (exact) mass is 376 g/mol. The van der Waals surface area contributed by atoms with Crippen molar-refractivity contribution in [3.05, 3.63) is 24.5 Å². The van der Waals surface area contributed by atoms with Crippen LogP contribution in [-0.4, -0.2) is 54.6 Å². The van der Waals surface area contributed by atoms with E-state index in [0.717, 1.165) is 42.3 Å². The predicted octanol–water partition coefficient (Wildman–Crippen LogP) is 3.19. The molecule has 26 heavy (non-hydrogen) atoms. The number of benzene rings is 1. The van der Waals surface area contributed by atoms with E-state index in [1.54, 1.807) is 0 Å². The molecule has 1 amide bonds. The van der Waals surface area contributed by atoms with Crippen molar-refractivity contribution >= 4 is 30.9 Å². The van der Waals surface area contributed by atoms with Gasteiger partial charge in [0.15, 0.2) is 0 Å². The molecule has 1 aromatic carbocycles. The number of hydrogen-bond donors (Lipinski definition) is 2. The zero-order chi connectivity index (χ0) is 18.7. The SMILES string of the molecule is C[Si](C)(C)CCOCn1cnc2cc(N3CCC(NC(=O)O)C3)ccc21. The molecule has 0 spiro atoms. The molecule has 0 bridgehead atoms. The fraction of sp³-hybridized carbons (Fsp3) is 0.556. The Morgan fingerprint density at radius 2 is 2.23 bits per heavy atom. The minimum atomic E-state index is -1.07. The largest absolute Gasteiger partial charge is 0.465 e. The van der Waals surface area contributed by atoms with Crippen molar-refractivity contribution in [3.63, 3.8) is 0 Å². The van der Waals surface area contributed by atoms with Crippen LogP contribution in [0.15, 0.2) is 24.5 Å². The quantitative estimate of drug-likeness (QED) is 0.573. The zero-order valence-electron chi connectivity index (χ0n) is 15.7. The minimum absolute atomic E-state index is 0.0134. The summed E-state index contributed by atoms with van der Waals surface area (Å²) >= 11 is 0. The molecule has 7 nitrogen and oxygen atoms in total. The maximum absolute atomic E-state index is 10.8. The Hall–Kier alpha value is -2.06. The van der Waals surface area contributed by atoms with E-state index < -0.39 is 14.2 Å². The lowest BCUT2D eigenvalue weighted by atomic mass is 10.2. The van der Waals surface area contributed by atoms with Crippen molar-refractivity contribution in [2.24, 2.45) is 0 Å². The second kappa shape index (κ2) is 7.67. The molecule has 2 aromatic rings. The Morgan fingerprint density at radius 1 is 1.42 bits per heavy atom. The number of ether oxygens (including phenoxy) is 1. The first-order chi connectivity index (χ1) is 12.3. The third-order valence-electron chi connectivity index (χ3n) is 4.71. The van der Waals surface area contributed by atoms with Gasteiger partial charge < -0.3 is 24.6 Å². The van der Waals surface area contributed by atoms with E-state index in [1.807, 2.05) is 10.9 Å². The van der Waals surface area contributed by atoms with E-state index in [2.05, 4.69) is 53.0 Å². The van der Waals surface area contributed by atoms with Crippen molar-refractivity contribution < 1.29 is 14.6 Å². The lowest BCUT2D eigenvalue weighted by molar-refractivity contribution is 0.0898. The standard InChI is InChI=1S/C18H28N4O3Si/c1-26(2,3)9-8-25-13-22-12-19-16-10-15(4-5-17(16)22)21-7-6-14(11-21)20-18(23)24/h4-5,10,12,14,20H,6-9,11,13H2,1-3H3,(H,23,24). The predicted molar refractivity (Wildman–Crippen MR) is 106 cm³/mol. The number of amides is 1. The first-order valence-electron chi connectivity index (χ1n) is 9.09. The third-order valence-corrected chi connectivity index (χ3v) is 6.42. The van der Waals surface area contributed by atoms with Crippen LogP contribution in [-0.2, 0) is 11.5 Å². The minimum Gasteiger partial charge on any atom is -0.465 e. The average Bonchev–Trinajstić information content (AvgIpc) is 3.16. The van der Waals surface area contributed by atoms with Crippen LogP contribution >= 0.6 is 0 Å². The number of fused-ring (bicyclic) bond motifs is 1. The summed E-state index contributed by atoms with van der Waals surface area (Å²) in [6, 6.07) is 7.35. The topological polar surface area (TPSA) is 79.6 Å². The summed E-state index contributed by atoms with van der Waals surface area (Å²) in [5.74, 6) is 0. The molecule has 2 N–H and O–H groups in total. The maximum Gasteiger partial charge on any atom is 0.404 e. The highest BCUT2D eigenvalue weighted by Gasteiger charge is 2.24. The van der Waals surface area contributed by atoms with Gasteiger partial charge in [-0.05, 0) is 30.7 Å². The van der Waals surface area contributed by atoms with Crippen LogP contribution in [0.25, 0.3) is 11.0 Å². The summed E-state index contributed by atoms with van der Waals surface area (Å²) in [4.78, 5) is 17.5. The van der Waals surface area contributed by atoms with Gasteiger partial charge in [0.1, 0.15) is 6.73 Å². The molecule has 1 aliphatic heterocycles. The molecule has 1 fully saturated rings. The Labute approximate surface area is 155 Å². The van der Waals surface area contributed by atoms with Crippen LogP contribution < -0.4 is 10.2 Å². The number of hydrogen-bond acceptors (Lipinski definition) is 4. The van der Waals surface area contributed by atoms with Gasteiger partial charge in [0.25, 0.3) is 0 Å². The molecule has 1 saturated heterocycles. The molecule has 8 heteroatoms. The number of aromatic nitrogens is 2. The Morgan fingerprint density at radius 3 is 2.96 bits per heavy atom. The second-order valence-corrected chi connectivity index (χ2v) is 13.7. The van der Waals surface area contributed by atoms with Gasteiger partial charge in [0.2, 0.25) is 0 Å². The number of rotatable bonds is 7. The van der Waals surface area contributed by atoms with Crippen molar-refractivity contribution in [1.82, 2.24) is 14.9 Å². The Kier molecular flexibility index (Phi) is 5.52. The molecule has 1 unspecified atom stereocenters. The molecule has 3 rings (SSSR count). The highest BCUT2D eigenvalue weighted by Crippen LogP contribution is 2.25. The van der Waals surface area contributed by atoms with Gasteiger partial charge in [-0.15, -0.1) is 0 Å². The molecule has 142 valence electrons. The molecule has 0 aliphatic carbocycles. The molecule has 1 aliphatic rings. The summed E-state index contributed by atoms with van der Waals surface area (Å²) in [6.07, 6.45) is 1.69. The molecular formula is C18H28N4O3Si. The number of carbonyl (C=O) groups is 1. The molecule has 1 aromatic heterocycles. The first-order valence-corrected chi connectivity index (χ1v) is 12.8. The van der Waals surface area contributed by atoms with Crippen LogP contribution in [0.4, 0.5) is 10.5 Å². The molecular weight excluding hydrogens is 348 g/mol. The van der Waals surface area contributed by atoms with E-state index in [0.29, 0.717) is 13.3 Å². The number of nitrogens with zero attached hydrogens (tertiary/aromatic N) is 3. The number of imidazole rings is 1. The van der Waals surface area contributed by atoms with Crippen LogP contribution in [0.3, 0.4) is 0 Å². The highest BCUT2D eigenvalue weighted by atomic mass is 28.3. The number of carboxylic acid groups (broad SMARTS) is 1. The summed E-state index contributed by atoms with van der Waals surface area (Å²) in [5, 5.41) is 11.4. The van der Waals surface area contributed by atoms with Crippen LogP contribution in [0.1, 0.15) is 6.42 Å². The Balaban J connectivity index is 1.61. The van der Waals surface area contributed by atoms with Crippen LogP contribution in [0, 0.1) is 0 Å². The van der Waals surface area contributed by atoms with Gasteiger partial charge in [-0.2, -0.15) is 0 Å². The fourth-order valence-corrected chi connectivity index (χ4v) is 3.94. The van der Waals surface area contributed by atoms with Crippen molar-refractivity contribution in [2.75, 3.05) is 24.6 Å². The molecule has 2 heterocycles. The van der Waals surface area contributed by atoms with Crippen molar-refractivity contribution in [3.8, 4) is 0 Å². The number of anilines is 1. The van der Waals surface area contributed by atoms with E-state index in [9.17, 15) is 4.79 Å². The van der Waals surface area contributed by atoms with E-state index in [4.69, 9.17) is 9.84 Å². The van der Waals surface area contributed by atoms with E-state index in [-0.39, 0.29) is 6.04 Å². The number of nitrogens with one attached hydrogen (secondary N) is 1. The summed E-state index contributed by atoms with van der Waals surface area (Å²) in [7, 11) is -1.07. The lowest BCUT2D eigenvalue weighted by Gasteiger charge is -2.19. The summed E-state index contributed by atoms with van der Waals surface area (Å²) in [5.41, 5.74) is 3.07. The maximum atomic E-state index is 10.8. The van der Waals surface area contributed by atoms with Gasteiger partial charge in [-0.3, -0.25) is 0 Å². The van der Waals surface area contributed by atoms with E-state index >= 15 is 0 Å². The van der Waals surface area contributed by atoms with Gasteiger partial charge in [0.05, 0.1) is 23.4 Å². The van der Waals surface area contributed by atoms with Gasteiger partial charge >= 0.3 is 6.09 Å². The van der Waals surface area contributed by atoms with Crippen LogP contribution in [0.5, 0.6) is 0 Å². The summed E-state index contributed by atoms with van der Waals surface area (Å²) < 4.78 is 7.86. The second-order valence-electron chi connectivity index (χ2n) is 8.12. The van der Waals surface area contributed by atoms with Gasteiger partial charge in [-0.1, -0.05) is 19.6 Å². The lowest BCUT2D eigenvalue weighted by Crippen LogP contribution is -2.36. The van der Waals surface area contributed by atoms with Crippen molar-refractivity contribution in [1.29, 1.82) is 0 Å². The van der Waals surface area contributed by atoms with Crippen molar-refractivity contribution in [2.45, 2.75) is 44.9 Å². The normalized spacial score (nSPS) is 17.8. The fourth-order valence-electron chi connectivity index (χ4n) is 3.18. The van der Waals surface area contributed by atoms with E-state index in [1.165, 1.54) is 0 Å². The third kappa shape index (κ3) is 4.76. The zero-order valence-corrected chi connectivity index (χ0v) is 16.7. The highest BCUT2D eigenvalue weighted by molar-refractivity contribution is 6.76. The first kappa shape index (κ1) is 18.7. The molecule has 0 saturated carbocycles. The Bertz CT molecular complexity index is 771. The average molecular weight is 377 g/mol. The summed E-state index contributed by atoms with van der Waals surface area (Å²) in [6.45, 7) is 9.89. The van der Waals surface area contributed by atoms with Gasteiger partial charge in [0, 0.05) is 33.5 Å².